The first-order valence-electron chi connectivity index (χ1n) is 8.80. The van der Waals surface area contributed by atoms with Crippen LogP contribution in [0.2, 0.25) is 0 Å². The average molecular weight is 473 g/mol. The van der Waals surface area contributed by atoms with Crippen molar-refractivity contribution < 1.29 is 37.4 Å². The molecule has 0 spiro atoms. The zero-order chi connectivity index (χ0) is 23.2. The lowest BCUT2D eigenvalue weighted by atomic mass is 10.0. The molecule has 2 rings (SSSR count). The van der Waals surface area contributed by atoms with Gasteiger partial charge in [-0.25, -0.2) is 18.3 Å². The van der Waals surface area contributed by atoms with Gasteiger partial charge in [0.2, 0.25) is 10.0 Å². The summed E-state index contributed by atoms with van der Waals surface area (Å²) in [6.07, 6.45) is 0. The van der Waals surface area contributed by atoms with E-state index in [9.17, 15) is 22.4 Å². The van der Waals surface area contributed by atoms with Gasteiger partial charge in [-0.2, -0.15) is 4.72 Å². The lowest BCUT2D eigenvalue weighted by molar-refractivity contribution is -0.134. The molecule has 0 fully saturated rings. The number of carboxylic acid groups (broad SMARTS) is 1. The van der Waals surface area contributed by atoms with Crippen LogP contribution in [0.1, 0.15) is 13.8 Å². The highest BCUT2D eigenvalue weighted by molar-refractivity contribution is 8.01. The Morgan fingerprint density at radius 2 is 1.61 bits per heavy atom. The number of hydrogen-bond donors (Lipinski definition) is 4. The summed E-state index contributed by atoms with van der Waals surface area (Å²) in [6.45, 7) is 2.95. The number of hydrogen-bond acceptors (Lipinski definition) is 7. The van der Waals surface area contributed by atoms with Crippen LogP contribution < -0.4 is 14.9 Å². The van der Waals surface area contributed by atoms with Crippen molar-refractivity contribution in [1.82, 2.24) is 10.2 Å². The Bertz CT molecular complexity index is 1030. The van der Waals surface area contributed by atoms with E-state index in [2.05, 4.69) is 4.72 Å². The van der Waals surface area contributed by atoms with Gasteiger partial charge in [0.05, 0.1) is 10.6 Å². The quantitative estimate of drug-likeness (QED) is 0.305. The summed E-state index contributed by atoms with van der Waals surface area (Å²) in [5, 5.41) is 17.9. The van der Waals surface area contributed by atoms with Crippen LogP contribution in [0.15, 0.2) is 53.4 Å². The molecule has 0 saturated carbocycles. The maximum atomic E-state index is 13.0. The first kappa shape index (κ1) is 24.6. The van der Waals surface area contributed by atoms with Gasteiger partial charge in [-0.15, -0.1) is 11.8 Å². The van der Waals surface area contributed by atoms with Gasteiger partial charge in [0.25, 0.3) is 5.91 Å². The Hall–Kier alpha value is -2.67. The summed E-state index contributed by atoms with van der Waals surface area (Å²) >= 11 is 0.834. The summed E-state index contributed by atoms with van der Waals surface area (Å²) in [7, 11) is -4.22. The smallest absolute Gasteiger partial charge is 0.313 e. The molecule has 2 aromatic rings. The standard InChI is InChI=1S/C19H21FN2O7S2/c1-19(2,30-11-16(23)24)17(18(25)21-26)22-31(27,28)15-9-7-14(8-10-15)29-13-5-3-12(20)4-6-13/h3-10,17,22,26H,11H2,1-2H3,(H,21,25)(H,23,24). The molecule has 31 heavy (non-hydrogen) atoms. The fourth-order valence-electron chi connectivity index (χ4n) is 2.46. The van der Waals surface area contributed by atoms with Crippen LogP contribution in [0.5, 0.6) is 11.5 Å². The monoisotopic (exact) mass is 472 g/mol. The van der Waals surface area contributed by atoms with Crippen molar-refractivity contribution in [3.05, 3.63) is 54.3 Å². The van der Waals surface area contributed by atoms with E-state index in [0.717, 1.165) is 11.8 Å². The van der Waals surface area contributed by atoms with Crippen molar-refractivity contribution in [2.24, 2.45) is 0 Å². The molecule has 0 bridgehead atoms. The number of hydroxylamine groups is 1. The predicted octanol–water partition coefficient (Wildman–Crippen LogP) is 2.37. The van der Waals surface area contributed by atoms with Crippen molar-refractivity contribution in [2.45, 2.75) is 29.5 Å². The summed E-state index contributed by atoms with van der Waals surface area (Å²) in [5.74, 6) is -2.33. The number of rotatable bonds is 10. The molecule has 1 amide bonds. The van der Waals surface area contributed by atoms with Crippen molar-refractivity contribution in [3.8, 4) is 11.5 Å². The number of carbonyl (C=O) groups is 2. The van der Waals surface area contributed by atoms with Crippen LogP contribution in [0.25, 0.3) is 0 Å². The molecule has 0 aromatic heterocycles. The molecule has 0 aliphatic heterocycles. The van der Waals surface area contributed by atoms with Crippen LogP contribution in [0, 0.1) is 5.82 Å². The third kappa shape index (κ3) is 6.92. The van der Waals surface area contributed by atoms with E-state index in [1.54, 1.807) is 0 Å². The van der Waals surface area contributed by atoms with Gasteiger partial charge in [-0.3, -0.25) is 14.8 Å². The molecule has 168 valence electrons. The molecule has 0 heterocycles. The number of carboxylic acids is 1. The van der Waals surface area contributed by atoms with Crippen molar-refractivity contribution in [3.63, 3.8) is 0 Å². The minimum absolute atomic E-state index is 0.186. The summed E-state index contributed by atoms with van der Waals surface area (Å²) in [4.78, 5) is 22.8. The lowest BCUT2D eigenvalue weighted by Gasteiger charge is -2.32. The second-order valence-electron chi connectivity index (χ2n) is 6.84. The van der Waals surface area contributed by atoms with Crippen LogP contribution >= 0.6 is 11.8 Å². The van der Waals surface area contributed by atoms with E-state index in [1.807, 2.05) is 0 Å². The number of ether oxygens (including phenoxy) is 1. The van der Waals surface area contributed by atoms with Gasteiger partial charge in [0, 0.05) is 4.75 Å². The Kier molecular flexibility index (Phi) is 8.01. The zero-order valence-corrected chi connectivity index (χ0v) is 18.2. The van der Waals surface area contributed by atoms with Crippen molar-refractivity contribution >= 4 is 33.7 Å². The number of sulfonamides is 1. The van der Waals surface area contributed by atoms with Gasteiger partial charge in [-0.1, -0.05) is 0 Å². The maximum Gasteiger partial charge on any atom is 0.313 e. The van der Waals surface area contributed by atoms with Gasteiger partial charge in [-0.05, 0) is 62.4 Å². The van der Waals surface area contributed by atoms with E-state index < -0.39 is 38.5 Å². The average Bonchev–Trinajstić information content (AvgIpc) is 2.72. The SMILES string of the molecule is CC(C)(SCC(=O)O)C(NS(=O)(=O)c1ccc(Oc2ccc(F)cc2)cc1)C(=O)NO. The first-order chi connectivity index (χ1) is 14.4. The van der Waals surface area contributed by atoms with Crippen molar-refractivity contribution in [1.29, 1.82) is 0 Å². The van der Waals surface area contributed by atoms with E-state index in [4.69, 9.17) is 15.1 Å². The van der Waals surface area contributed by atoms with E-state index in [0.29, 0.717) is 11.5 Å². The Balaban J connectivity index is 2.20. The van der Waals surface area contributed by atoms with Gasteiger partial charge in [0.15, 0.2) is 0 Å². The highest BCUT2D eigenvalue weighted by atomic mass is 32.2. The fraction of sp³-hybridized carbons (Fsp3) is 0.263. The summed E-state index contributed by atoms with van der Waals surface area (Å²) < 4.78 is 45.0. The van der Waals surface area contributed by atoms with Crippen LogP contribution in [0.3, 0.4) is 0 Å². The second-order valence-corrected chi connectivity index (χ2v) is 10.2. The molecule has 0 saturated heterocycles. The van der Waals surface area contributed by atoms with Gasteiger partial charge in [0.1, 0.15) is 23.4 Å². The highest BCUT2D eigenvalue weighted by Gasteiger charge is 2.39. The largest absolute Gasteiger partial charge is 0.481 e. The Morgan fingerprint density at radius 3 is 2.10 bits per heavy atom. The molecule has 12 heteroatoms. The number of thioether (sulfide) groups is 1. The van der Waals surface area contributed by atoms with E-state index in [1.165, 1.54) is 67.9 Å². The summed E-state index contributed by atoms with van der Waals surface area (Å²) in [6, 6.07) is 9.03. The number of halogens is 1. The third-order valence-corrected chi connectivity index (χ3v) is 6.90. The second kappa shape index (κ2) is 10.1. The minimum Gasteiger partial charge on any atom is -0.481 e. The Labute approximate surface area is 182 Å². The molecule has 2 aromatic carbocycles. The molecule has 9 nitrogen and oxygen atoms in total. The molecule has 0 aliphatic rings. The highest BCUT2D eigenvalue weighted by Crippen LogP contribution is 2.30. The molecule has 0 aliphatic carbocycles. The number of benzene rings is 2. The van der Waals surface area contributed by atoms with Gasteiger partial charge >= 0.3 is 5.97 Å². The minimum atomic E-state index is -4.22. The molecule has 0 radical (unpaired) electrons. The van der Waals surface area contributed by atoms with Crippen LogP contribution in [0.4, 0.5) is 4.39 Å². The molecular formula is C19H21FN2O7S2. The summed E-state index contributed by atoms with van der Waals surface area (Å²) in [5.41, 5.74) is 1.40. The molecule has 1 unspecified atom stereocenters. The maximum absolute atomic E-state index is 13.0. The van der Waals surface area contributed by atoms with E-state index >= 15 is 0 Å². The fourth-order valence-corrected chi connectivity index (χ4v) is 4.70. The number of amides is 1. The molecular weight excluding hydrogens is 451 g/mol. The van der Waals surface area contributed by atoms with Crippen LogP contribution in [-0.2, 0) is 19.6 Å². The van der Waals surface area contributed by atoms with E-state index in [-0.39, 0.29) is 10.6 Å². The topological polar surface area (TPSA) is 142 Å². The zero-order valence-electron chi connectivity index (χ0n) is 16.5. The van der Waals surface area contributed by atoms with Crippen molar-refractivity contribution in [2.75, 3.05) is 5.75 Å². The first-order valence-corrected chi connectivity index (χ1v) is 11.3. The Morgan fingerprint density at radius 1 is 1.10 bits per heavy atom. The molecule has 1 atom stereocenters. The third-order valence-electron chi connectivity index (χ3n) is 4.09. The number of carbonyl (C=O) groups excluding carboxylic acids is 1. The number of aliphatic carboxylic acids is 1. The predicted molar refractivity (Wildman–Crippen MR) is 111 cm³/mol. The van der Waals surface area contributed by atoms with Gasteiger partial charge < -0.3 is 9.84 Å². The molecule has 4 N–H and O–H groups in total. The normalized spacial score (nSPS) is 12.8. The van der Waals surface area contributed by atoms with Crippen LogP contribution in [-0.4, -0.2) is 47.1 Å². The number of nitrogens with one attached hydrogen (secondary N) is 2. The lowest BCUT2D eigenvalue weighted by Crippen LogP contribution is -2.56.